The Labute approximate surface area is 102 Å². The number of hydrogen-bond donors (Lipinski definition) is 1. The number of aromatic nitrogens is 2. The lowest BCUT2D eigenvalue weighted by atomic mass is 10.1. The van der Waals surface area contributed by atoms with Crippen LogP contribution in [0, 0.1) is 0 Å². The first-order valence-electron chi connectivity index (χ1n) is 5.46. The molecule has 0 saturated heterocycles. The normalized spacial score (nSPS) is 10.9. The van der Waals surface area contributed by atoms with E-state index in [0.717, 1.165) is 16.7 Å². The number of fused-ring (bicyclic) bond motifs is 1. The molecule has 5 nitrogen and oxygen atoms in total. The molecular weight excluding hydrogens is 232 g/mol. The Hall–Kier alpha value is -2.56. The van der Waals surface area contributed by atoms with Gasteiger partial charge in [-0.15, -0.1) is 0 Å². The van der Waals surface area contributed by atoms with Crippen molar-refractivity contribution in [2.45, 2.75) is 6.54 Å². The van der Waals surface area contributed by atoms with Crippen molar-refractivity contribution in [3.8, 4) is 0 Å². The molecule has 3 aromatic rings. The zero-order valence-corrected chi connectivity index (χ0v) is 9.41. The van der Waals surface area contributed by atoms with Crippen molar-refractivity contribution < 1.29 is 14.4 Å². The van der Waals surface area contributed by atoms with Gasteiger partial charge in [-0.2, -0.15) is 0 Å². The highest BCUT2D eigenvalue weighted by Gasteiger charge is 2.07. The minimum Gasteiger partial charge on any atom is -0.478 e. The molecule has 0 atom stereocenters. The van der Waals surface area contributed by atoms with Gasteiger partial charge in [-0.1, -0.05) is 5.16 Å². The number of hydrogen-bond acceptors (Lipinski definition) is 3. The molecule has 1 N–H and O–H groups in total. The van der Waals surface area contributed by atoms with Gasteiger partial charge >= 0.3 is 5.97 Å². The van der Waals surface area contributed by atoms with E-state index in [2.05, 4.69) is 5.16 Å². The van der Waals surface area contributed by atoms with Crippen LogP contribution in [0.5, 0.6) is 0 Å². The maximum absolute atomic E-state index is 10.9. The molecule has 2 heterocycles. The molecule has 0 aliphatic rings. The van der Waals surface area contributed by atoms with Crippen LogP contribution in [0.4, 0.5) is 0 Å². The topological polar surface area (TPSA) is 68.3 Å². The molecule has 0 bridgehead atoms. The summed E-state index contributed by atoms with van der Waals surface area (Å²) in [6, 6.07) is 8.75. The second kappa shape index (κ2) is 4.03. The van der Waals surface area contributed by atoms with E-state index in [0.29, 0.717) is 12.1 Å². The van der Waals surface area contributed by atoms with Gasteiger partial charge in [-0.25, -0.2) is 4.79 Å². The Kier molecular flexibility index (Phi) is 2.37. The average Bonchev–Trinajstić information content (AvgIpc) is 2.99. The van der Waals surface area contributed by atoms with Gasteiger partial charge in [0.25, 0.3) is 0 Å². The van der Waals surface area contributed by atoms with Crippen LogP contribution in [0.2, 0.25) is 0 Å². The molecule has 3 rings (SSSR count). The zero-order chi connectivity index (χ0) is 12.5. The first-order chi connectivity index (χ1) is 8.74. The summed E-state index contributed by atoms with van der Waals surface area (Å²) in [4.78, 5) is 10.9. The maximum atomic E-state index is 10.9. The van der Waals surface area contributed by atoms with Gasteiger partial charge in [-0.05, 0) is 24.3 Å². The van der Waals surface area contributed by atoms with Crippen LogP contribution >= 0.6 is 0 Å². The van der Waals surface area contributed by atoms with E-state index in [9.17, 15) is 4.79 Å². The maximum Gasteiger partial charge on any atom is 0.335 e. The van der Waals surface area contributed by atoms with Gasteiger partial charge in [0, 0.05) is 23.2 Å². The van der Waals surface area contributed by atoms with E-state index in [4.69, 9.17) is 9.63 Å². The average molecular weight is 242 g/mol. The minimum atomic E-state index is -0.917. The van der Waals surface area contributed by atoms with Crippen LogP contribution in [-0.2, 0) is 6.54 Å². The molecule has 0 aliphatic carbocycles. The number of benzene rings is 1. The van der Waals surface area contributed by atoms with Gasteiger partial charge in [0.1, 0.15) is 0 Å². The lowest BCUT2D eigenvalue weighted by Crippen LogP contribution is -1.98. The Balaban J connectivity index is 2.02. The van der Waals surface area contributed by atoms with E-state index in [1.54, 1.807) is 30.5 Å². The number of carbonyl (C=O) groups is 1. The molecule has 0 amide bonds. The highest BCUT2D eigenvalue weighted by atomic mass is 16.5. The number of carboxylic acids is 1. The van der Waals surface area contributed by atoms with Gasteiger partial charge in [-0.3, -0.25) is 0 Å². The smallest absolute Gasteiger partial charge is 0.335 e. The molecule has 0 fully saturated rings. The molecule has 1 aromatic carbocycles. The van der Waals surface area contributed by atoms with Crippen LogP contribution in [0.25, 0.3) is 10.9 Å². The third kappa shape index (κ3) is 1.75. The molecular formula is C13H10N2O3. The molecule has 0 saturated carbocycles. The van der Waals surface area contributed by atoms with E-state index in [1.807, 2.05) is 16.8 Å². The standard InChI is InChI=1S/C13H10N2O3/c16-13(17)10-1-2-12-9(7-10)4-6-15(12)8-11-3-5-14-18-11/h1-7H,8H2,(H,16,17). The van der Waals surface area contributed by atoms with Crippen LogP contribution in [-0.4, -0.2) is 20.8 Å². The molecule has 0 radical (unpaired) electrons. The van der Waals surface area contributed by atoms with Crippen molar-refractivity contribution in [2.75, 3.05) is 0 Å². The highest BCUT2D eigenvalue weighted by molar-refractivity contribution is 5.93. The fourth-order valence-electron chi connectivity index (χ4n) is 1.96. The number of aromatic carboxylic acids is 1. The summed E-state index contributed by atoms with van der Waals surface area (Å²) < 4.78 is 7.04. The van der Waals surface area contributed by atoms with Crippen molar-refractivity contribution in [1.82, 2.24) is 9.72 Å². The second-order valence-electron chi connectivity index (χ2n) is 4.00. The Morgan fingerprint density at radius 2 is 2.22 bits per heavy atom. The van der Waals surface area contributed by atoms with E-state index >= 15 is 0 Å². The van der Waals surface area contributed by atoms with E-state index in [1.165, 1.54) is 0 Å². The predicted octanol–water partition coefficient (Wildman–Crippen LogP) is 2.38. The fourth-order valence-corrected chi connectivity index (χ4v) is 1.96. The molecule has 90 valence electrons. The van der Waals surface area contributed by atoms with Crippen molar-refractivity contribution >= 4 is 16.9 Å². The Bertz CT molecular complexity index is 698. The molecule has 5 heteroatoms. The zero-order valence-electron chi connectivity index (χ0n) is 9.41. The molecule has 2 aromatic heterocycles. The van der Waals surface area contributed by atoms with Crippen LogP contribution in [0.3, 0.4) is 0 Å². The van der Waals surface area contributed by atoms with Gasteiger partial charge in [0.15, 0.2) is 5.76 Å². The molecule has 0 aliphatic heterocycles. The van der Waals surface area contributed by atoms with Gasteiger partial charge < -0.3 is 14.2 Å². The van der Waals surface area contributed by atoms with Crippen molar-refractivity contribution in [1.29, 1.82) is 0 Å². The largest absolute Gasteiger partial charge is 0.478 e. The quantitative estimate of drug-likeness (QED) is 0.765. The molecule has 0 unspecified atom stereocenters. The number of rotatable bonds is 3. The predicted molar refractivity (Wildman–Crippen MR) is 64.5 cm³/mol. The lowest BCUT2D eigenvalue weighted by molar-refractivity contribution is 0.0697. The summed E-state index contributed by atoms with van der Waals surface area (Å²) in [6.07, 6.45) is 3.50. The van der Waals surface area contributed by atoms with Crippen molar-refractivity contribution in [3.63, 3.8) is 0 Å². The first kappa shape index (κ1) is 10.6. The minimum absolute atomic E-state index is 0.292. The van der Waals surface area contributed by atoms with Crippen LogP contribution in [0.15, 0.2) is 47.2 Å². The Morgan fingerprint density at radius 3 is 2.94 bits per heavy atom. The highest BCUT2D eigenvalue weighted by Crippen LogP contribution is 2.19. The number of carboxylic acid groups (broad SMARTS) is 1. The third-order valence-corrected chi connectivity index (χ3v) is 2.84. The van der Waals surface area contributed by atoms with Crippen molar-refractivity contribution in [2.24, 2.45) is 0 Å². The molecule has 0 spiro atoms. The van der Waals surface area contributed by atoms with Crippen LogP contribution < -0.4 is 0 Å². The summed E-state index contributed by atoms with van der Waals surface area (Å²) in [5, 5.41) is 13.5. The van der Waals surface area contributed by atoms with Gasteiger partial charge in [0.2, 0.25) is 0 Å². The lowest BCUT2D eigenvalue weighted by Gasteiger charge is -2.02. The van der Waals surface area contributed by atoms with Crippen LogP contribution in [0.1, 0.15) is 16.1 Å². The summed E-state index contributed by atoms with van der Waals surface area (Å²) >= 11 is 0. The summed E-state index contributed by atoms with van der Waals surface area (Å²) in [5.74, 6) is -0.158. The molecule has 18 heavy (non-hydrogen) atoms. The monoisotopic (exact) mass is 242 g/mol. The summed E-state index contributed by atoms with van der Waals surface area (Å²) in [6.45, 7) is 0.579. The van der Waals surface area contributed by atoms with Crippen molar-refractivity contribution in [3.05, 3.63) is 54.0 Å². The second-order valence-corrected chi connectivity index (χ2v) is 4.00. The number of nitrogens with zero attached hydrogens (tertiary/aromatic N) is 2. The first-order valence-corrected chi connectivity index (χ1v) is 5.46. The van der Waals surface area contributed by atoms with E-state index < -0.39 is 5.97 Å². The summed E-state index contributed by atoms with van der Waals surface area (Å²) in [7, 11) is 0. The third-order valence-electron chi connectivity index (χ3n) is 2.84. The fraction of sp³-hybridized carbons (Fsp3) is 0.0769. The van der Waals surface area contributed by atoms with E-state index in [-0.39, 0.29) is 0 Å². The summed E-state index contributed by atoms with van der Waals surface area (Å²) in [5.41, 5.74) is 1.26. The van der Waals surface area contributed by atoms with Gasteiger partial charge in [0.05, 0.1) is 18.3 Å². The SMILES string of the molecule is O=C(O)c1ccc2c(ccn2Cc2ccno2)c1. The Morgan fingerprint density at radius 1 is 1.33 bits per heavy atom.